The number of aryl methyl sites for hydroxylation is 2. The maximum atomic E-state index is 12.7. The van der Waals surface area contributed by atoms with Gasteiger partial charge in [-0.05, 0) is 81.9 Å². The summed E-state index contributed by atoms with van der Waals surface area (Å²) in [6, 6.07) is 45.1. The highest BCUT2D eigenvalue weighted by molar-refractivity contribution is 6.11. The average molecular weight is 657 g/mol. The summed E-state index contributed by atoms with van der Waals surface area (Å²) in [6.07, 6.45) is 0.423. The molecule has 0 aliphatic rings. The molecule has 8 aromatic rings. The molecule has 0 unspecified atom stereocenters. The van der Waals surface area contributed by atoms with Gasteiger partial charge in [0.25, 0.3) is 0 Å². The van der Waals surface area contributed by atoms with E-state index in [1.807, 2.05) is 72.8 Å². The van der Waals surface area contributed by atoms with Crippen LogP contribution in [0.3, 0.4) is 0 Å². The summed E-state index contributed by atoms with van der Waals surface area (Å²) in [7, 11) is 4.16. The predicted octanol–water partition coefficient (Wildman–Crippen LogP) is 9.22. The van der Waals surface area contributed by atoms with Gasteiger partial charge in [0, 0.05) is 57.7 Å². The Morgan fingerprint density at radius 1 is 0.440 bits per heavy atom. The van der Waals surface area contributed by atoms with Gasteiger partial charge in [-0.3, -0.25) is 9.59 Å². The molecule has 0 saturated carbocycles. The fourth-order valence-electron chi connectivity index (χ4n) is 7.02. The third kappa shape index (κ3) is 6.01. The number of fused-ring (bicyclic) bond motifs is 6. The van der Waals surface area contributed by atoms with Gasteiger partial charge in [-0.1, -0.05) is 84.9 Å². The first-order valence-corrected chi connectivity index (χ1v) is 16.8. The van der Waals surface area contributed by atoms with Crippen molar-refractivity contribution in [3.05, 3.63) is 156 Å². The molecule has 2 heterocycles. The van der Waals surface area contributed by atoms with Gasteiger partial charge in [0.2, 0.25) is 0 Å². The topological polar surface area (TPSA) is 62.5 Å². The monoisotopic (exact) mass is 656 g/mol. The van der Waals surface area contributed by atoms with E-state index in [2.05, 4.69) is 83.9 Å². The molecule has 50 heavy (non-hydrogen) atoms. The van der Waals surface area contributed by atoms with Crippen LogP contribution in [0.5, 0.6) is 0 Å². The summed E-state index contributed by atoms with van der Waals surface area (Å²) in [5.41, 5.74) is 10.5. The fraction of sp³-hybridized carbons (Fsp3) is 0.136. The summed E-state index contributed by atoms with van der Waals surface area (Å²) in [5, 5.41) is 4.48. The quantitative estimate of drug-likeness (QED) is 0.145. The highest BCUT2D eigenvalue weighted by Crippen LogP contribution is 2.36. The Morgan fingerprint density at radius 3 is 1.20 bits per heavy atom. The van der Waals surface area contributed by atoms with Gasteiger partial charge in [0.05, 0.1) is 12.8 Å². The Bertz CT molecular complexity index is 2370. The van der Waals surface area contributed by atoms with Crippen molar-refractivity contribution in [3.63, 3.8) is 0 Å². The van der Waals surface area contributed by atoms with Crippen molar-refractivity contribution in [1.82, 2.24) is 9.13 Å². The molecule has 8 rings (SSSR count). The van der Waals surface area contributed by atoms with Gasteiger partial charge in [-0.2, -0.15) is 0 Å². The first-order valence-electron chi connectivity index (χ1n) is 16.8. The molecule has 0 aliphatic carbocycles. The van der Waals surface area contributed by atoms with Crippen LogP contribution in [0.15, 0.2) is 133 Å². The summed E-state index contributed by atoms with van der Waals surface area (Å²) in [6.45, 7) is 0.534. The fourth-order valence-corrected chi connectivity index (χ4v) is 7.02. The van der Waals surface area contributed by atoms with Crippen LogP contribution in [0.1, 0.15) is 22.3 Å². The number of aromatic nitrogens is 2. The zero-order valence-corrected chi connectivity index (χ0v) is 28.1. The lowest BCUT2D eigenvalue weighted by molar-refractivity contribution is -0.145. The van der Waals surface area contributed by atoms with Crippen molar-refractivity contribution in [2.45, 2.75) is 26.1 Å². The predicted molar refractivity (Wildman–Crippen MR) is 200 cm³/mol. The smallest absolute Gasteiger partial charge is 0.310 e. The number of esters is 2. The lowest BCUT2D eigenvalue weighted by Crippen LogP contribution is -2.07. The van der Waals surface area contributed by atoms with Crippen molar-refractivity contribution in [3.8, 4) is 11.1 Å². The van der Waals surface area contributed by atoms with Crippen LogP contribution in [0.25, 0.3) is 54.7 Å². The first-order chi connectivity index (χ1) is 24.4. The number of hydrogen-bond acceptors (Lipinski definition) is 4. The SMILES string of the molecule is Cn1c2ccc(CC(=O)OCc3ccccc3)cc2c2cc(-c3ccc4c(c3)c3cc(CC(=O)OCc5ccccc5)ccc3n4C)ccc21. The number of hydrogen-bond donors (Lipinski definition) is 0. The molecule has 0 fully saturated rings. The highest BCUT2D eigenvalue weighted by atomic mass is 16.5. The minimum Gasteiger partial charge on any atom is -0.461 e. The molecule has 0 amide bonds. The summed E-state index contributed by atoms with van der Waals surface area (Å²) in [4.78, 5) is 25.5. The Morgan fingerprint density at radius 2 is 0.800 bits per heavy atom. The largest absolute Gasteiger partial charge is 0.461 e. The number of rotatable bonds is 9. The Kier molecular flexibility index (Phi) is 8.13. The van der Waals surface area contributed by atoms with Crippen LogP contribution in [0, 0.1) is 0 Å². The van der Waals surface area contributed by atoms with E-state index in [1.165, 1.54) is 0 Å². The minimum atomic E-state index is -0.246. The van der Waals surface area contributed by atoms with Gasteiger partial charge in [0.15, 0.2) is 0 Å². The first kappa shape index (κ1) is 31.1. The molecule has 0 aliphatic heterocycles. The molecule has 0 saturated heterocycles. The molecule has 2 aromatic heterocycles. The zero-order chi connectivity index (χ0) is 34.2. The van der Waals surface area contributed by atoms with E-state index in [9.17, 15) is 9.59 Å². The molecule has 0 N–H and O–H groups in total. The number of benzene rings is 6. The molecule has 6 heteroatoms. The van der Waals surface area contributed by atoms with Gasteiger partial charge >= 0.3 is 11.9 Å². The standard InChI is InChI=1S/C44H36N2O4/c1-45-39-17-13-31(23-43(47)49-27-29-9-5-3-6-10-29)21-35(39)37-25-33(15-19-41(37)45)34-16-20-42-38(26-34)36-22-32(14-18-40(36)46(42)2)24-44(48)50-28-30-11-7-4-8-12-30/h3-22,25-26H,23-24,27-28H2,1-2H3. The van der Waals surface area contributed by atoms with E-state index >= 15 is 0 Å². The second-order valence-electron chi connectivity index (χ2n) is 12.9. The third-order valence-corrected chi connectivity index (χ3v) is 9.66. The molecule has 6 aromatic carbocycles. The van der Waals surface area contributed by atoms with Crippen molar-refractivity contribution in [2.75, 3.05) is 0 Å². The third-order valence-electron chi connectivity index (χ3n) is 9.66. The van der Waals surface area contributed by atoms with Crippen molar-refractivity contribution in [2.24, 2.45) is 14.1 Å². The second-order valence-corrected chi connectivity index (χ2v) is 12.9. The number of carbonyl (C=O) groups excluding carboxylic acids is 2. The van der Waals surface area contributed by atoms with Crippen LogP contribution >= 0.6 is 0 Å². The minimum absolute atomic E-state index is 0.212. The van der Waals surface area contributed by atoms with E-state index in [0.29, 0.717) is 0 Å². The van der Waals surface area contributed by atoms with E-state index in [1.54, 1.807) is 0 Å². The molecule has 0 atom stereocenters. The van der Waals surface area contributed by atoms with Gasteiger partial charge in [-0.25, -0.2) is 0 Å². The number of carbonyl (C=O) groups is 2. The molecular weight excluding hydrogens is 620 g/mol. The molecule has 0 bridgehead atoms. The van der Waals surface area contributed by atoms with Crippen molar-refractivity contribution in [1.29, 1.82) is 0 Å². The van der Waals surface area contributed by atoms with Crippen LogP contribution in [-0.2, 0) is 59.2 Å². The van der Waals surface area contributed by atoms with Gasteiger partial charge in [-0.15, -0.1) is 0 Å². The van der Waals surface area contributed by atoms with Crippen LogP contribution in [0.2, 0.25) is 0 Å². The Balaban J connectivity index is 1.08. The van der Waals surface area contributed by atoms with Gasteiger partial charge in [0.1, 0.15) is 13.2 Å². The highest BCUT2D eigenvalue weighted by Gasteiger charge is 2.15. The number of nitrogens with zero attached hydrogens (tertiary/aromatic N) is 2. The van der Waals surface area contributed by atoms with Crippen LogP contribution in [-0.4, -0.2) is 21.1 Å². The average Bonchev–Trinajstić information content (AvgIpc) is 3.59. The van der Waals surface area contributed by atoms with E-state index in [4.69, 9.17) is 9.47 Å². The van der Waals surface area contributed by atoms with E-state index in [-0.39, 0.29) is 38.0 Å². The summed E-state index contributed by atoms with van der Waals surface area (Å²) < 4.78 is 15.5. The van der Waals surface area contributed by atoms with Crippen LogP contribution < -0.4 is 0 Å². The molecular formula is C44H36N2O4. The Hall–Kier alpha value is -6.14. The number of ether oxygens (including phenoxy) is 2. The van der Waals surface area contributed by atoms with Gasteiger partial charge < -0.3 is 18.6 Å². The molecule has 246 valence electrons. The van der Waals surface area contributed by atoms with E-state index < -0.39 is 0 Å². The zero-order valence-electron chi connectivity index (χ0n) is 28.1. The lowest BCUT2D eigenvalue weighted by Gasteiger charge is -2.06. The second kappa shape index (κ2) is 13.1. The molecule has 0 spiro atoms. The maximum Gasteiger partial charge on any atom is 0.310 e. The lowest BCUT2D eigenvalue weighted by atomic mass is 9.99. The maximum absolute atomic E-state index is 12.7. The van der Waals surface area contributed by atoms with Crippen LogP contribution in [0.4, 0.5) is 0 Å². The van der Waals surface area contributed by atoms with E-state index in [0.717, 1.165) is 77.0 Å². The van der Waals surface area contributed by atoms with Crippen molar-refractivity contribution < 1.29 is 19.1 Å². The Labute approximate surface area is 290 Å². The normalized spacial score (nSPS) is 11.5. The van der Waals surface area contributed by atoms with Crippen molar-refractivity contribution >= 4 is 55.6 Å². The molecule has 6 nitrogen and oxygen atoms in total. The summed E-state index contributed by atoms with van der Waals surface area (Å²) in [5.74, 6) is -0.491. The summed E-state index contributed by atoms with van der Waals surface area (Å²) >= 11 is 0. The molecule has 0 radical (unpaired) electrons.